The standard InChI is InChI=1S/C12H21NOS/c1-2-3-6-15-12-8-10-7-11(14)4-5-13(10)9-12/h10,12H,2-9H2,1H3/t10-,12+/m1/s1. The van der Waals surface area contributed by atoms with Crippen LogP contribution in [0.15, 0.2) is 0 Å². The Hall–Kier alpha value is -0.0200. The Kier molecular flexibility index (Phi) is 4.09. The molecule has 0 saturated carbocycles. The predicted molar refractivity (Wildman–Crippen MR) is 65.4 cm³/mol. The summed E-state index contributed by atoms with van der Waals surface area (Å²) in [4.78, 5) is 13.9. The van der Waals surface area contributed by atoms with E-state index < -0.39 is 0 Å². The first-order valence-electron chi connectivity index (χ1n) is 6.17. The third-order valence-electron chi connectivity index (χ3n) is 3.48. The van der Waals surface area contributed by atoms with Crippen LogP contribution in [0.4, 0.5) is 0 Å². The Morgan fingerprint density at radius 2 is 2.40 bits per heavy atom. The van der Waals surface area contributed by atoms with E-state index in [0.29, 0.717) is 11.8 Å². The Morgan fingerprint density at radius 1 is 1.53 bits per heavy atom. The van der Waals surface area contributed by atoms with E-state index in [2.05, 4.69) is 23.6 Å². The normalized spacial score (nSPS) is 31.9. The second-order valence-corrected chi connectivity index (χ2v) is 6.13. The first kappa shape index (κ1) is 11.5. The molecule has 0 N–H and O–H groups in total. The lowest BCUT2D eigenvalue weighted by Gasteiger charge is -2.27. The first-order valence-corrected chi connectivity index (χ1v) is 7.22. The molecule has 2 heterocycles. The SMILES string of the molecule is CCCCS[C@H]1C[C@H]2CC(=O)CCN2C1. The summed E-state index contributed by atoms with van der Waals surface area (Å²) >= 11 is 2.12. The minimum atomic E-state index is 0.482. The molecule has 2 aliphatic rings. The zero-order chi connectivity index (χ0) is 10.7. The topological polar surface area (TPSA) is 20.3 Å². The lowest BCUT2D eigenvalue weighted by atomic mass is 10.0. The first-order chi connectivity index (χ1) is 7.29. The fraction of sp³-hybridized carbons (Fsp3) is 0.917. The maximum Gasteiger partial charge on any atom is 0.135 e. The number of nitrogens with zero attached hydrogens (tertiary/aromatic N) is 1. The highest BCUT2D eigenvalue weighted by Gasteiger charge is 2.35. The van der Waals surface area contributed by atoms with Crippen molar-refractivity contribution < 1.29 is 4.79 Å². The van der Waals surface area contributed by atoms with Crippen LogP contribution in [0, 0.1) is 0 Å². The largest absolute Gasteiger partial charge is 0.300 e. The van der Waals surface area contributed by atoms with Crippen molar-refractivity contribution in [3.05, 3.63) is 0 Å². The molecule has 2 atom stereocenters. The highest BCUT2D eigenvalue weighted by atomic mass is 32.2. The van der Waals surface area contributed by atoms with Gasteiger partial charge in [-0.15, -0.1) is 0 Å². The van der Waals surface area contributed by atoms with Crippen molar-refractivity contribution in [3.63, 3.8) is 0 Å². The molecular weight excluding hydrogens is 206 g/mol. The van der Waals surface area contributed by atoms with E-state index in [-0.39, 0.29) is 0 Å². The van der Waals surface area contributed by atoms with Gasteiger partial charge < -0.3 is 0 Å². The van der Waals surface area contributed by atoms with Gasteiger partial charge in [-0.05, 0) is 18.6 Å². The van der Waals surface area contributed by atoms with E-state index in [1.165, 1.54) is 31.6 Å². The van der Waals surface area contributed by atoms with Crippen LogP contribution in [0.25, 0.3) is 0 Å². The summed E-state index contributed by atoms with van der Waals surface area (Å²) in [7, 11) is 0. The van der Waals surface area contributed by atoms with Crippen LogP contribution in [0.1, 0.15) is 39.0 Å². The number of ketones is 1. The second kappa shape index (κ2) is 5.35. The summed E-state index contributed by atoms with van der Waals surface area (Å²) in [6.07, 6.45) is 5.50. The van der Waals surface area contributed by atoms with Crippen LogP contribution in [0.2, 0.25) is 0 Å². The van der Waals surface area contributed by atoms with Gasteiger partial charge in [0.1, 0.15) is 5.78 Å². The number of carbonyl (C=O) groups excluding carboxylic acids is 1. The molecule has 86 valence electrons. The van der Waals surface area contributed by atoms with Gasteiger partial charge in [0.25, 0.3) is 0 Å². The molecule has 0 aliphatic carbocycles. The molecule has 2 aliphatic heterocycles. The second-order valence-electron chi connectivity index (χ2n) is 4.72. The number of Topliss-reactive ketones (excluding diaryl/α,β-unsaturated/α-hetero) is 1. The maximum atomic E-state index is 11.3. The summed E-state index contributed by atoms with van der Waals surface area (Å²) in [6, 6.07) is 0.588. The zero-order valence-corrected chi connectivity index (χ0v) is 10.4. The highest BCUT2D eigenvalue weighted by molar-refractivity contribution is 7.99. The van der Waals surface area contributed by atoms with Gasteiger partial charge in [-0.2, -0.15) is 11.8 Å². The number of fused-ring (bicyclic) bond motifs is 1. The van der Waals surface area contributed by atoms with E-state index in [1.54, 1.807) is 0 Å². The Labute approximate surface area is 96.8 Å². The van der Waals surface area contributed by atoms with E-state index in [9.17, 15) is 4.79 Å². The summed E-state index contributed by atoms with van der Waals surface area (Å²) in [5, 5.41) is 0.799. The van der Waals surface area contributed by atoms with Crippen molar-refractivity contribution in [1.29, 1.82) is 0 Å². The number of carbonyl (C=O) groups is 1. The third-order valence-corrected chi connectivity index (χ3v) is 4.82. The van der Waals surface area contributed by atoms with Crippen LogP contribution in [0.5, 0.6) is 0 Å². The van der Waals surface area contributed by atoms with E-state index in [4.69, 9.17) is 0 Å². The average molecular weight is 227 g/mol. The molecule has 3 heteroatoms. The Balaban J connectivity index is 1.75. The van der Waals surface area contributed by atoms with E-state index >= 15 is 0 Å². The number of rotatable bonds is 4. The quantitative estimate of drug-likeness (QED) is 0.688. The van der Waals surface area contributed by atoms with Crippen molar-refractivity contribution in [2.45, 2.75) is 50.3 Å². The molecule has 2 saturated heterocycles. The van der Waals surface area contributed by atoms with Crippen molar-refractivity contribution in [2.75, 3.05) is 18.8 Å². The van der Waals surface area contributed by atoms with Crippen LogP contribution >= 0.6 is 11.8 Å². The lowest BCUT2D eigenvalue weighted by molar-refractivity contribution is -0.122. The van der Waals surface area contributed by atoms with Crippen molar-refractivity contribution in [2.24, 2.45) is 0 Å². The maximum absolute atomic E-state index is 11.3. The molecule has 0 unspecified atom stereocenters. The van der Waals surface area contributed by atoms with Gasteiger partial charge in [-0.25, -0.2) is 0 Å². The molecule has 2 nitrogen and oxygen atoms in total. The van der Waals surface area contributed by atoms with Gasteiger partial charge in [-0.3, -0.25) is 9.69 Å². The molecule has 0 amide bonds. The smallest absolute Gasteiger partial charge is 0.135 e. The average Bonchev–Trinajstić information content (AvgIpc) is 2.60. The number of hydrogen-bond acceptors (Lipinski definition) is 3. The Morgan fingerprint density at radius 3 is 3.20 bits per heavy atom. The highest BCUT2D eigenvalue weighted by Crippen LogP contribution is 2.32. The van der Waals surface area contributed by atoms with Gasteiger partial charge in [0.2, 0.25) is 0 Å². The number of piperidine rings is 1. The minimum absolute atomic E-state index is 0.482. The van der Waals surface area contributed by atoms with Crippen LogP contribution < -0.4 is 0 Å². The van der Waals surface area contributed by atoms with Crippen LogP contribution in [-0.2, 0) is 4.79 Å². The molecule has 0 radical (unpaired) electrons. The van der Waals surface area contributed by atoms with Gasteiger partial charge in [0, 0.05) is 37.2 Å². The van der Waals surface area contributed by atoms with Crippen molar-refractivity contribution in [3.8, 4) is 0 Å². The van der Waals surface area contributed by atoms with Crippen molar-refractivity contribution >= 4 is 17.5 Å². The molecule has 0 aromatic rings. The lowest BCUT2D eigenvalue weighted by Crippen LogP contribution is -2.38. The minimum Gasteiger partial charge on any atom is -0.300 e. The molecule has 0 bridgehead atoms. The van der Waals surface area contributed by atoms with E-state index in [0.717, 1.165) is 24.6 Å². The van der Waals surface area contributed by atoms with Crippen LogP contribution in [-0.4, -0.2) is 40.8 Å². The fourth-order valence-corrected chi connectivity index (χ4v) is 4.02. The number of thioether (sulfide) groups is 1. The Bertz CT molecular complexity index is 232. The van der Waals surface area contributed by atoms with E-state index in [1.807, 2.05) is 0 Å². The predicted octanol–water partition coefficient (Wildman–Crippen LogP) is 2.33. The monoisotopic (exact) mass is 227 g/mol. The van der Waals surface area contributed by atoms with Gasteiger partial charge in [0.15, 0.2) is 0 Å². The van der Waals surface area contributed by atoms with Gasteiger partial charge >= 0.3 is 0 Å². The molecule has 2 fully saturated rings. The molecular formula is C12H21NOS. The summed E-state index contributed by atoms with van der Waals surface area (Å²) in [5.41, 5.74) is 0. The summed E-state index contributed by atoms with van der Waals surface area (Å²) in [6.45, 7) is 4.50. The molecule has 0 aromatic carbocycles. The zero-order valence-electron chi connectivity index (χ0n) is 9.58. The van der Waals surface area contributed by atoms with Gasteiger partial charge in [-0.1, -0.05) is 13.3 Å². The summed E-state index contributed by atoms with van der Waals surface area (Å²) in [5.74, 6) is 1.78. The van der Waals surface area contributed by atoms with Crippen molar-refractivity contribution in [1.82, 2.24) is 4.90 Å². The van der Waals surface area contributed by atoms with Crippen LogP contribution in [0.3, 0.4) is 0 Å². The third kappa shape index (κ3) is 2.97. The van der Waals surface area contributed by atoms with Gasteiger partial charge in [0.05, 0.1) is 0 Å². The number of hydrogen-bond donors (Lipinski definition) is 0. The fourth-order valence-electron chi connectivity index (χ4n) is 2.57. The molecule has 15 heavy (non-hydrogen) atoms. The molecule has 2 rings (SSSR count). The molecule has 0 aromatic heterocycles. The summed E-state index contributed by atoms with van der Waals surface area (Å²) < 4.78 is 0. The molecule has 0 spiro atoms. The number of unbranched alkanes of at least 4 members (excludes halogenated alkanes) is 1.